The van der Waals surface area contributed by atoms with E-state index in [1.165, 1.54) is 12.8 Å². The largest absolute Gasteiger partial charge is 0.467 e. The van der Waals surface area contributed by atoms with E-state index >= 15 is 0 Å². The first-order valence-electron chi connectivity index (χ1n) is 8.13. The lowest BCUT2D eigenvalue weighted by atomic mass is 10.1. The second kappa shape index (κ2) is 9.08. The van der Waals surface area contributed by atoms with Crippen molar-refractivity contribution in [2.45, 2.75) is 52.1 Å². The number of benzene rings is 1. The minimum atomic E-state index is 0.205. The first-order chi connectivity index (χ1) is 10.8. The van der Waals surface area contributed by atoms with Crippen LogP contribution in [0.4, 0.5) is 0 Å². The van der Waals surface area contributed by atoms with Gasteiger partial charge in [0.05, 0.1) is 12.8 Å². The fourth-order valence-electron chi connectivity index (χ4n) is 2.49. The molecule has 1 heterocycles. The van der Waals surface area contributed by atoms with Gasteiger partial charge in [-0.2, -0.15) is 0 Å². The predicted molar refractivity (Wildman–Crippen MR) is 88.2 cm³/mol. The summed E-state index contributed by atoms with van der Waals surface area (Å²) in [5.74, 6) is 1.04. The fourth-order valence-corrected chi connectivity index (χ4v) is 2.49. The quantitative estimate of drug-likeness (QED) is 0.624. The number of hydrogen-bond acceptors (Lipinski definition) is 2. The SMILES string of the molecule is CCCCCCC(=O)N(Cc1ccccc1)Cc1ccco1. The van der Waals surface area contributed by atoms with Gasteiger partial charge in [-0.1, -0.05) is 56.5 Å². The molecule has 22 heavy (non-hydrogen) atoms. The molecule has 0 aliphatic carbocycles. The molecule has 2 aromatic rings. The lowest BCUT2D eigenvalue weighted by Crippen LogP contribution is -2.29. The zero-order valence-corrected chi connectivity index (χ0v) is 13.3. The van der Waals surface area contributed by atoms with Gasteiger partial charge >= 0.3 is 0 Å². The van der Waals surface area contributed by atoms with Crippen LogP contribution in [0.1, 0.15) is 50.4 Å². The van der Waals surface area contributed by atoms with Crippen LogP contribution >= 0.6 is 0 Å². The first kappa shape index (κ1) is 16.3. The van der Waals surface area contributed by atoms with E-state index in [1.807, 2.05) is 35.2 Å². The summed E-state index contributed by atoms with van der Waals surface area (Å²) in [4.78, 5) is 14.4. The first-order valence-corrected chi connectivity index (χ1v) is 8.13. The molecule has 1 aromatic carbocycles. The fraction of sp³-hybridized carbons (Fsp3) is 0.421. The zero-order chi connectivity index (χ0) is 15.6. The number of unbranched alkanes of at least 4 members (excludes halogenated alkanes) is 3. The molecule has 0 aliphatic rings. The molecule has 0 fully saturated rings. The highest BCUT2D eigenvalue weighted by molar-refractivity contribution is 5.76. The number of nitrogens with zero attached hydrogens (tertiary/aromatic N) is 1. The monoisotopic (exact) mass is 299 g/mol. The number of hydrogen-bond donors (Lipinski definition) is 0. The van der Waals surface area contributed by atoms with Crippen LogP contribution in [0.2, 0.25) is 0 Å². The van der Waals surface area contributed by atoms with E-state index in [2.05, 4.69) is 19.1 Å². The molecule has 0 bridgehead atoms. The summed E-state index contributed by atoms with van der Waals surface area (Å²) in [5.41, 5.74) is 1.15. The number of carbonyl (C=O) groups excluding carboxylic acids is 1. The molecule has 1 aromatic heterocycles. The third-order valence-electron chi connectivity index (χ3n) is 3.74. The van der Waals surface area contributed by atoms with E-state index < -0.39 is 0 Å². The van der Waals surface area contributed by atoms with Crippen LogP contribution in [0.5, 0.6) is 0 Å². The van der Waals surface area contributed by atoms with Gasteiger partial charge in [0.15, 0.2) is 0 Å². The number of amides is 1. The molecule has 3 nitrogen and oxygen atoms in total. The summed E-state index contributed by atoms with van der Waals surface area (Å²) in [5, 5.41) is 0. The molecule has 118 valence electrons. The summed E-state index contributed by atoms with van der Waals surface area (Å²) in [6.45, 7) is 3.35. The molecule has 1 amide bonds. The Labute approximate surface area is 132 Å². The van der Waals surface area contributed by atoms with E-state index in [0.29, 0.717) is 19.5 Å². The van der Waals surface area contributed by atoms with Crippen LogP contribution in [0, 0.1) is 0 Å². The summed E-state index contributed by atoms with van der Waals surface area (Å²) >= 11 is 0. The Morgan fingerprint density at radius 3 is 2.50 bits per heavy atom. The summed E-state index contributed by atoms with van der Waals surface area (Å²) in [6.07, 6.45) is 6.76. The van der Waals surface area contributed by atoms with E-state index in [4.69, 9.17) is 4.42 Å². The molecule has 0 aliphatic heterocycles. The number of furan rings is 1. The van der Waals surface area contributed by atoms with Crippen molar-refractivity contribution in [3.63, 3.8) is 0 Å². The molecular formula is C19H25NO2. The van der Waals surface area contributed by atoms with E-state index in [1.54, 1.807) is 6.26 Å². The maximum atomic E-state index is 12.5. The van der Waals surface area contributed by atoms with Crippen molar-refractivity contribution in [1.82, 2.24) is 4.90 Å². The second-order valence-electron chi connectivity index (χ2n) is 5.63. The minimum absolute atomic E-state index is 0.205. The van der Waals surface area contributed by atoms with Crippen LogP contribution in [-0.4, -0.2) is 10.8 Å². The van der Waals surface area contributed by atoms with Crippen LogP contribution in [-0.2, 0) is 17.9 Å². The highest BCUT2D eigenvalue weighted by atomic mass is 16.3. The van der Waals surface area contributed by atoms with Gasteiger partial charge in [0.1, 0.15) is 5.76 Å². The molecule has 0 saturated heterocycles. The second-order valence-corrected chi connectivity index (χ2v) is 5.63. The molecule has 2 rings (SSSR count). The van der Waals surface area contributed by atoms with Crippen molar-refractivity contribution in [3.8, 4) is 0 Å². The van der Waals surface area contributed by atoms with Crippen molar-refractivity contribution >= 4 is 5.91 Å². The molecule has 0 atom stereocenters. The van der Waals surface area contributed by atoms with Crippen molar-refractivity contribution in [2.24, 2.45) is 0 Å². The Morgan fingerprint density at radius 1 is 1.00 bits per heavy atom. The molecular weight excluding hydrogens is 274 g/mol. The van der Waals surface area contributed by atoms with Gasteiger partial charge in [0.2, 0.25) is 5.91 Å². The van der Waals surface area contributed by atoms with Crippen molar-refractivity contribution in [2.75, 3.05) is 0 Å². The van der Waals surface area contributed by atoms with E-state index in [9.17, 15) is 4.79 Å². The molecule has 3 heteroatoms. The van der Waals surface area contributed by atoms with Crippen molar-refractivity contribution < 1.29 is 9.21 Å². The summed E-state index contributed by atoms with van der Waals surface area (Å²) in [6, 6.07) is 13.9. The van der Waals surface area contributed by atoms with Gasteiger partial charge in [0.25, 0.3) is 0 Å². The third-order valence-corrected chi connectivity index (χ3v) is 3.74. The zero-order valence-electron chi connectivity index (χ0n) is 13.3. The van der Waals surface area contributed by atoms with Crippen LogP contribution < -0.4 is 0 Å². The predicted octanol–water partition coefficient (Wildman–Crippen LogP) is 4.78. The molecule has 0 N–H and O–H groups in total. The Hall–Kier alpha value is -2.03. The number of carbonyl (C=O) groups is 1. The average molecular weight is 299 g/mol. The van der Waals surface area contributed by atoms with Gasteiger partial charge in [-0.15, -0.1) is 0 Å². The highest BCUT2D eigenvalue weighted by Crippen LogP contribution is 2.14. The van der Waals surface area contributed by atoms with Gasteiger partial charge in [-0.3, -0.25) is 4.79 Å². The molecule has 0 radical (unpaired) electrons. The smallest absolute Gasteiger partial charge is 0.223 e. The van der Waals surface area contributed by atoms with Crippen molar-refractivity contribution in [1.29, 1.82) is 0 Å². The Kier molecular flexibility index (Phi) is 6.75. The van der Waals surface area contributed by atoms with Crippen LogP contribution in [0.3, 0.4) is 0 Å². The maximum absolute atomic E-state index is 12.5. The summed E-state index contributed by atoms with van der Waals surface area (Å²) < 4.78 is 5.40. The minimum Gasteiger partial charge on any atom is -0.467 e. The highest BCUT2D eigenvalue weighted by Gasteiger charge is 2.15. The van der Waals surface area contributed by atoms with E-state index in [-0.39, 0.29) is 5.91 Å². The Bertz CT molecular complexity index is 534. The number of rotatable bonds is 9. The van der Waals surface area contributed by atoms with Crippen LogP contribution in [0.15, 0.2) is 53.1 Å². The van der Waals surface area contributed by atoms with Gasteiger partial charge in [-0.05, 0) is 24.1 Å². The summed E-state index contributed by atoms with van der Waals surface area (Å²) in [7, 11) is 0. The average Bonchev–Trinajstić information content (AvgIpc) is 3.05. The maximum Gasteiger partial charge on any atom is 0.223 e. The molecule has 0 spiro atoms. The van der Waals surface area contributed by atoms with Gasteiger partial charge < -0.3 is 9.32 Å². The van der Waals surface area contributed by atoms with Crippen LogP contribution in [0.25, 0.3) is 0 Å². The third kappa shape index (κ3) is 5.40. The normalized spacial score (nSPS) is 10.6. The van der Waals surface area contributed by atoms with Gasteiger partial charge in [0, 0.05) is 13.0 Å². The lowest BCUT2D eigenvalue weighted by molar-refractivity contribution is -0.132. The topological polar surface area (TPSA) is 33.5 Å². The van der Waals surface area contributed by atoms with Crippen molar-refractivity contribution in [3.05, 3.63) is 60.1 Å². The lowest BCUT2D eigenvalue weighted by Gasteiger charge is -2.22. The Morgan fingerprint density at radius 2 is 1.82 bits per heavy atom. The van der Waals surface area contributed by atoms with Gasteiger partial charge in [-0.25, -0.2) is 0 Å². The molecule has 0 unspecified atom stereocenters. The Balaban J connectivity index is 1.96. The molecule has 0 saturated carbocycles. The van der Waals surface area contributed by atoms with E-state index in [0.717, 1.165) is 24.2 Å². The standard InChI is InChI=1S/C19H25NO2/c1-2-3-4-8-13-19(21)20(16-18-12-9-14-22-18)15-17-10-6-5-7-11-17/h5-7,9-12,14H,2-4,8,13,15-16H2,1H3.